The molecule has 0 saturated carbocycles. The molecule has 1 aromatic rings. The quantitative estimate of drug-likeness (QED) is 0.778. The molecule has 1 atom stereocenters. The van der Waals surface area contributed by atoms with Crippen molar-refractivity contribution in [1.82, 2.24) is 9.78 Å². The smallest absolute Gasteiger partial charge is 0.103 e. The molecule has 1 N–H and O–H groups in total. The number of hydrogen-bond donors (Lipinski definition) is 1. The molecule has 88 valence electrons. The first kappa shape index (κ1) is 11.4. The highest BCUT2D eigenvalue weighted by atomic mass is 16.3. The second kappa shape index (κ2) is 4.83. The summed E-state index contributed by atoms with van der Waals surface area (Å²) in [6.45, 7) is 1.95. The maximum absolute atomic E-state index is 10.3. The standard InChI is InChI=1S/C13H20N2O/c1-10-12(9-15(2)14-10)13(16)11-7-5-3-4-6-8-11/h7,9,13,16H,3-6,8H2,1-2H3. The summed E-state index contributed by atoms with van der Waals surface area (Å²) in [5.74, 6) is 0. The van der Waals surface area contributed by atoms with E-state index in [-0.39, 0.29) is 0 Å². The predicted octanol–water partition coefficient (Wildman–Crippen LogP) is 2.65. The average molecular weight is 220 g/mol. The summed E-state index contributed by atoms with van der Waals surface area (Å²) in [5, 5.41) is 14.6. The van der Waals surface area contributed by atoms with Crippen LogP contribution in [0.15, 0.2) is 17.8 Å². The van der Waals surface area contributed by atoms with E-state index in [4.69, 9.17) is 0 Å². The number of nitrogens with zero attached hydrogens (tertiary/aromatic N) is 2. The zero-order valence-corrected chi connectivity index (χ0v) is 10.1. The molecule has 3 nitrogen and oxygen atoms in total. The van der Waals surface area contributed by atoms with Crippen molar-refractivity contribution in [3.05, 3.63) is 29.1 Å². The van der Waals surface area contributed by atoms with Gasteiger partial charge in [-0.15, -0.1) is 0 Å². The summed E-state index contributed by atoms with van der Waals surface area (Å²) in [6.07, 6.45) is 9.53. The Labute approximate surface area is 96.8 Å². The Balaban J connectivity index is 2.20. The van der Waals surface area contributed by atoms with Crippen LogP contribution >= 0.6 is 0 Å². The maximum Gasteiger partial charge on any atom is 0.103 e. The highest BCUT2D eigenvalue weighted by Gasteiger charge is 2.18. The molecule has 1 aliphatic carbocycles. The van der Waals surface area contributed by atoms with Crippen LogP contribution < -0.4 is 0 Å². The van der Waals surface area contributed by atoms with Gasteiger partial charge in [-0.25, -0.2) is 0 Å². The van der Waals surface area contributed by atoms with Gasteiger partial charge in [0.05, 0.1) is 5.69 Å². The molecular weight excluding hydrogens is 200 g/mol. The molecule has 0 amide bonds. The Morgan fingerprint density at radius 2 is 2.19 bits per heavy atom. The number of aliphatic hydroxyl groups excluding tert-OH is 1. The monoisotopic (exact) mass is 220 g/mol. The molecule has 3 heteroatoms. The Hall–Kier alpha value is -1.09. The Bertz CT molecular complexity index is 393. The first-order valence-corrected chi connectivity index (χ1v) is 6.05. The van der Waals surface area contributed by atoms with E-state index in [9.17, 15) is 5.11 Å². The summed E-state index contributed by atoms with van der Waals surface area (Å²) in [4.78, 5) is 0. The van der Waals surface area contributed by atoms with E-state index in [2.05, 4.69) is 11.2 Å². The Morgan fingerprint density at radius 3 is 2.88 bits per heavy atom. The van der Waals surface area contributed by atoms with Gasteiger partial charge in [-0.1, -0.05) is 12.5 Å². The Kier molecular flexibility index (Phi) is 3.44. The summed E-state index contributed by atoms with van der Waals surface area (Å²) < 4.78 is 1.77. The van der Waals surface area contributed by atoms with Gasteiger partial charge in [-0.3, -0.25) is 4.68 Å². The van der Waals surface area contributed by atoms with Gasteiger partial charge in [0.15, 0.2) is 0 Å². The fourth-order valence-electron chi connectivity index (χ4n) is 2.37. The highest BCUT2D eigenvalue weighted by molar-refractivity contribution is 5.27. The van der Waals surface area contributed by atoms with E-state index in [0.29, 0.717) is 0 Å². The van der Waals surface area contributed by atoms with Crippen molar-refractivity contribution in [2.24, 2.45) is 7.05 Å². The fraction of sp³-hybridized carbons (Fsp3) is 0.615. The van der Waals surface area contributed by atoms with Crippen LogP contribution in [0.5, 0.6) is 0 Å². The minimum absolute atomic E-state index is 0.452. The number of aryl methyl sites for hydroxylation is 2. The topological polar surface area (TPSA) is 38.0 Å². The summed E-state index contributed by atoms with van der Waals surface area (Å²) >= 11 is 0. The molecule has 1 aliphatic rings. The van der Waals surface area contributed by atoms with Gasteiger partial charge in [0.2, 0.25) is 0 Å². The molecule has 0 radical (unpaired) electrons. The molecule has 1 aromatic heterocycles. The minimum atomic E-state index is -0.452. The number of hydrogen-bond acceptors (Lipinski definition) is 2. The lowest BCUT2D eigenvalue weighted by atomic mass is 9.98. The molecule has 0 bridgehead atoms. The second-order valence-corrected chi connectivity index (χ2v) is 4.62. The van der Waals surface area contributed by atoms with Crippen LogP contribution in [0, 0.1) is 6.92 Å². The van der Waals surface area contributed by atoms with Crippen molar-refractivity contribution < 1.29 is 5.11 Å². The molecule has 0 saturated heterocycles. The van der Waals surface area contributed by atoms with Crippen LogP contribution in [-0.2, 0) is 7.05 Å². The largest absolute Gasteiger partial charge is 0.384 e. The lowest BCUT2D eigenvalue weighted by Crippen LogP contribution is -2.02. The summed E-state index contributed by atoms with van der Waals surface area (Å²) in [5.41, 5.74) is 3.06. The molecule has 0 aromatic carbocycles. The lowest BCUT2D eigenvalue weighted by Gasteiger charge is -2.13. The highest BCUT2D eigenvalue weighted by Crippen LogP contribution is 2.30. The van der Waals surface area contributed by atoms with Crippen molar-refractivity contribution in [3.63, 3.8) is 0 Å². The third-order valence-corrected chi connectivity index (χ3v) is 3.27. The van der Waals surface area contributed by atoms with Gasteiger partial charge in [-0.05, 0) is 38.2 Å². The van der Waals surface area contributed by atoms with E-state index >= 15 is 0 Å². The molecule has 16 heavy (non-hydrogen) atoms. The number of allylic oxidation sites excluding steroid dienone is 1. The SMILES string of the molecule is Cc1nn(C)cc1C(O)C1=CCCCCC1. The van der Waals surface area contributed by atoms with E-state index in [1.807, 2.05) is 20.2 Å². The van der Waals surface area contributed by atoms with Crippen molar-refractivity contribution in [2.45, 2.75) is 45.1 Å². The van der Waals surface area contributed by atoms with E-state index in [1.165, 1.54) is 24.8 Å². The molecule has 0 fully saturated rings. The molecule has 1 unspecified atom stereocenters. The van der Waals surface area contributed by atoms with Crippen LogP contribution in [0.2, 0.25) is 0 Å². The molecule has 1 heterocycles. The molecule has 2 rings (SSSR count). The third-order valence-electron chi connectivity index (χ3n) is 3.27. The lowest BCUT2D eigenvalue weighted by molar-refractivity contribution is 0.210. The number of aliphatic hydroxyl groups is 1. The first-order chi connectivity index (χ1) is 7.68. The third kappa shape index (κ3) is 2.35. The van der Waals surface area contributed by atoms with Gasteiger partial charge in [-0.2, -0.15) is 5.10 Å². The van der Waals surface area contributed by atoms with Crippen molar-refractivity contribution in [2.75, 3.05) is 0 Å². The molecule has 0 aliphatic heterocycles. The Morgan fingerprint density at radius 1 is 1.38 bits per heavy atom. The molecule has 0 spiro atoms. The van der Waals surface area contributed by atoms with Crippen LogP contribution in [-0.4, -0.2) is 14.9 Å². The van der Waals surface area contributed by atoms with Crippen LogP contribution in [0.25, 0.3) is 0 Å². The normalized spacial score (nSPS) is 19.1. The van der Waals surface area contributed by atoms with Crippen molar-refractivity contribution in [1.29, 1.82) is 0 Å². The number of aromatic nitrogens is 2. The first-order valence-electron chi connectivity index (χ1n) is 6.05. The van der Waals surface area contributed by atoms with Crippen LogP contribution in [0.3, 0.4) is 0 Å². The summed E-state index contributed by atoms with van der Waals surface area (Å²) in [7, 11) is 1.89. The minimum Gasteiger partial charge on any atom is -0.384 e. The van der Waals surface area contributed by atoms with Gasteiger partial charge in [0.1, 0.15) is 6.10 Å². The van der Waals surface area contributed by atoms with Crippen LogP contribution in [0.1, 0.15) is 49.5 Å². The van der Waals surface area contributed by atoms with E-state index in [0.717, 1.165) is 24.1 Å². The van der Waals surface area contributed by atoms with Crippen molar-refractivity contribution in [3.8, 4) is 0 Å². The maximum atomic E-state index is 10.3. The van der Waals surface area contributed by atoms with E-state index in [1.54, 1.807) is 4.68 Å². The van der Waals surface area contributed by atoms with Gasteiger partial charge in [0.25, 0.3) is 0 Å². The predicted molar refractivity (Wildman–Crippen MR) is 64.1 cm³/mol. The van der Waals surface area contributed by atoms with Gasteiger partial charge in [0, 0.05) is 18.8 Å². The second-order valence-electron chi connectivity index (χ2n) is 4.62. The van der Waals surface area contributed by atoms with Gasteiger partial charge < -0.3 is 5.11 Å². The van der Waals surface area contributed by atoms with Crippen LogP contribution in [0.4, 0.5) is 0 Å². The van der Waals surface area contributed by atoms with Gasteiger partial charge >= 0.3 is 0 Å². The average Bonchev–Trinajstić information content (AvgIpc) is 2.49. The fourth-order valence-corrected chi connectivity index (χ4v) is 2.37. The number of rotatable bonds is 2. The van der Waals surface area contributed by atoms with Crippen molar-refractivity contribution >= 4 is 0 Å². The summed E-state index contributed by atoms with van der Waals surface area (Å²) in [6, 6.07) is 0. The zero-order chi connectivity index (χ0) is 11.5. The van der Waals surface area contributed by atoms with E-state index < -0.39 is 6.10 Å². The molecular formula is C13H20N2O. The zero-order valence-electron chi connectivity index (χ0n) is 10.1.